The molecule has 0 unspecified atom stereocenters. The molecule has 0 saturated carbocycles. The highest BCUT2D eigenvalue weighted by molar-refractivity contribution is 5.91. The van der Waals surface area contributed by atoms with Crippen molar-refractivity contribution >= 4 is 11.9 Å². The number of benzene rings is 2. The number of hydrogen-bond donors (Lipinski definition) is 0. The second-order valence-electron chi connectivity index (χ2n) is 5.29. The van der Waals surface area contributed by atoms with Crippen molar-refractivity contribution in [1.29, 1.82) is 0 Å². The highest BCUT2D eigenvalue weighted by Gasteiger charge is 2.12. The van der Waals surface area contributed by atoms with E-state index in [1.807, 2.05) is 24.3 Å². The molecule has 0 bridgehead atoms. The molecule has 0 amide bonds. The molecule has 2 rings (SSSR count). The van der Waals surface area contributed by atoms with E-state index in [0.29, 0.717) is 24.5 Å². The van der Waals surface area contributed by atoms with E-state index in [0.717, 1.165) is 11.1 Å². The molecular formula is C20H22O5. The first-order valence-corrected chi connectivity index (χ1v) is 8.26. The standard InChI is InChI=1S/C20H22O5/c1-3-23-19(21)13-15-9-11-17(12-10-15)25-14-16-7-5-6-8-18(16)20(22)24-4-2/h5-12H,3-4,13-14H2,1-2H3. The van der Waals surface area contributed by atoms with E-state index in [4.69, 9.17) is 14.2 Å². The molecule has 0 fully saturated rings. The van der Waals surface area contributed by atoms with Gasteiger partial charge in [-0.2, -0.15) is 0 Å². The lowest BCUT2D eigenvalue weighted by atomic mass is 10.1. The van der Waals surface area contributed by atoms with Gasteiger partial charge in [0.15, 0.2) is 0 Å². The fourth-order valence-corrected chi connectivity index (χ4v) is 2.30. The van der Waals surface area contributed by atoms with E-state index >= 15 is 0 Å². The van der Waals surface area contributed by atoms with E-state index in [1.165, 1.54) is 0 Å². The fourth-order valence-electron chi connectivity index (χ4n) is 2.30. The highest BCUT2D eigenvalue weighted by Crippen LogP contribution is 2.17. The van der Waals surface area contributed by atoms with Gasteiger partial charge in [0.2, 0.25) is 0 Å². The minimum atomic E-state index is -0.355. The zero-order chi connectivity index (χ0) is 18.1. The third kappa shape index (κ3) is 5.64. The molecule has 132 valence electrons. The molecule has 0 spiro atoms. The molecule has 25 heavy (non-hydrogen) atoms. The predicted molar refractivity (Wildman–Crippen MR) is 93.5 cm³/mol. The Morgan fingerprint density at radius 3 is 2.24 bits per heavy atom. The van der Waals surface area contributed by atoms with Crippen LogP contribution in [-0.2, 0) is 27.3 Å². The molecule has 0 radical (unpaired) electrons. The maximum atomic E-state index is 12.0. The zero-order valence-corrected chi connectivity index (χ0v) is 14.5. The largest absolute Gasteiger partial charge is 0.489 e. The first kappa shape index (κ1) is 18.5. The van der Waals surface area contributed by atoms with Gasteiger partial charge < -0.3 is 14.2 Å². The van der Waals surface area contributed by atoms with Crippen molar-refractivity contribution in [3.05, 3.63) is 65.2 Å². The van der Waals surface area contributed by atoms with Crippen molar-refractivity contribution in [2.45, 2.75) is 26.9 Å². The first-order chi connectivity index (χ1) is 12.1. The zero-order valence-electron chi connectivity index (χ0n) is 14.5. The summed E-state index contributed by atoms with van der Waals surface area (Å²) in [5.41, 5.74) is 2.12. The molecule has 0 N–H and O–H groups in total. The van der Waals surface area contributed by atoms with Gasteiger partial charge in [-0.25, -0.2) is 4.79 Å². The predicted octanol–water partition coefficient (Wildman–Crippen LogP) is 3.55. The van der Waals surface area contributed by atoms with Crippen molar-refractivity contribution in [3.8, 4) is 5.75 Å². The molecule has 5 nitrogen and oxygen atoms in total. The summed E-state index contributed by atoms with van der Waals surface area (Å²) in [6, 6.07) is 14.4. The quantitative estimate of drug-likeness (QED) is 0.687. The fraction of sp³-hybridized carbons (Fsp3) is 0.300. The Hall–Kier alpha value is -2.82. The molecule has 0 heterocycles. The van der Waals surface area contributed by atoms with Gasteiger partial charge in [-0.1, -0.05) is 30.3 Å². The lowest BCUT2D eigenvalue weighted by Crippen LogP contribution is -2.10. The monoisotopic (exact) mass is 342 g/mol. The molecule has 0 aliphatic rings. The minimum Gasteiger partial charge on any atom is -0.489 e. The average Bonchev–Trinajstić information content (AvgIpc) is 2.62. The third-order valence-corrected chi connectivity index (χ3v) is 3.48. The Bertz CT molecular complexity index is 706. The maximum Gasteiger partial charge on any atom is 0.338 e. The van der Waals surface area contributed by atoms with Crippen LogP contribution in [-0.4, -0.2) is 25.2 Å². The van der Waals surface area contributed by atoms with Gasteiger partial charge in [0.1, 0.15) is 12.4 Å². The van der Waals surface area contributed by atoms with Crippen molar-refractivity contribution in [2.24, 2.45) is 0 Å². The van der Waals surface area contributed by atoms with Crippen LogP contribution in [0.1, 0.15) is 35.3 Å². The van der Waals surface area contributed by atoms with Crippen LogP contribution in [0.15, 0.2) is 48.5 Å². The summed E-state index contributed by atoms with van der Waals surface area (Å²) in [6.45, 7) is 4.51. The Balaban J connectivity index is 1.98. The molecule has 2 aromatic carbocycles. The number of esters is 2. The average molecular weight is 342 g/mol. The molecule has 0 aliphatic carbocycles. The van der Waals surface area contributed by atoms with Crippen molar-refractivity contribution in [2.75, 3.05) is 13.2 Å². The smallest absolute Gasteiger partial charge is 0.338 e. The van der Waals surface area contributed by atoms with Crippen molar-refractivity contribution < 1.29 is 23.8 Å². The van der Waals surface area contributed by atoms with Gasteiger partial charge in [0, 0.05) is 5.56 Å². The molecule has 2 aromatic rings. The summed E-state index contributed by atoms with van der Waals surface area (Å²) in [7, 11) is 0. The molecule has 0 aromatic heterocycles. The normalized spacial score (nSPS) is 10.2. The summed E-state index contributed by atoms with van der Waals surface area (Å²) >= 11 is 0. The van der Waals surface area contributed by atoms with E-state index in [9.17, 15) is 9.59 Å². The highest BCUT2D eigenvalue weighted by atomic mass is 16.5. The summed E-state index contributed by atoms with van der Waals surface area (Å²) in [5, 5.41) is 0. The van der Waals surface area contributed by atoms with Gasteiger partial charge in [0.05, 0.1) is 25.2 Å². The molecule has 0 saturated heterocycles. The van der Waals surface area contributed by atoms with E-state index in [-0.39, 0.29) is 25.0 Å². The first-order valence-electron chi connectivity index (χ1n) is 8.26. The summed E-state index contributed by atoms with van der Waals surface area (Å²) in [4.78, 5) is 23.4. The van der Waals surface area contributed by atoms with Crippen molar-refractivity contribution in [3.63, 3.8) is 0 Å². The number of ether oxygens (including phenoxy) is 3. The van der Waals surface area contributed by atoms with Gasteiger partial charge in [0.25, 0.3) is 0 Å². The lowest BCUT2D eigenvalue weighted by Gasteiger charge is -2.11. The summed E-state index contributed by atoms with van der Waals surface area (Å²) in [6.07, 6.45) is 0.236. The van der Waals surface area contributed by atoms with Crippen LogP contribution in [0, 0.1) is 0 Å². The number of rotatable bonds is 8. The number of hydrogen-bond acceptors (Lipinski definition) is 5. The topological polar surface area (TPSA) is 61.8 Å². The van der Waals surface area contributed by atoms with Gasteiger partial charge in [-0.05, 0) is 37.6 Å². The minimum absolute atomic E-state index is 0.236. The van der Waals surface area contributed by atoms with Crippen LogP contribution >= 0.6 is 0 Å². The molecule has 0 atom stereocenters. The number of carbonyl (C=O) groups is 2. The Morgan fingerprint density at radius 2 is 1.56 bits per heavy atom. The Kier molecular flexibility index (Phi) is 7.01. The summed E-state index contributed by atoms with van der Waals surface area (Å²) < 4.78 is 15.7. The second-order valence-corrected chi connectivity index (χ2v) is 5.29. The van der Waals surface area contributed by atoms with Crippen LogP contribution in [0.3, 0.4) is 0 Å². The van der Waals surface area contributed by atoms with E-state index < -0.39 is 0 Å². The van der Waals surface area contributed by atoms with Crippen LogP contribution in [0.4, 0.5) is 0 Å². The van der Waals surface area contributed by atoms with E-state index in [2.05, 4.69) is 0 Å². The van der Waals surface area contributed by atoms with Gasteiger partial charge in [-0.3, -0.25) is 4.79 Å². The SMILES string of the molecule is CCOC(=O)Cc1ccc(OCc2ccccc2C(=O)OCC)cc1. The number of carbonyl (C=O) groups excluding carboxylic acids is 2. The third-order valence-electron chi connectivity index (χ3n) is 3.48. The second kappa shape index (κ2) is 9.47. The van der Waals surface area contributed by atoms with E-state index in [1.54, 1.807) is 38.1 Å². The van der Waals surface area contributed by atoms with Crippen molar-refractivity contribution in [1.82, 2.24) is 0 Å². The summed E-state index contributed by atoms with van der Waals surface area (Å²) in [5.74, 6) is 0.0530. The maximum absolute atomic E-state index is 12.0. The Morgan fingerprint density at radius 1 is 0.880 bits per heavy atom. The van der Waals surface area contributed by atoms with Crippen LogP contribution in [0.5, 0.6) is 5.75 Å². The molecular weight excluding hydrogens is 320 g/mol. The van der Waals surface area contributed by atoms with Gasteiger partial charge in [-0.15, -0.1) is 0 Å². The molecule has 0 aliphatic heterocycles. The lowest BCUT2D eigenvalue weighted by molar-refractivity contribution is -0.142. The molecule has 5 heteroatoms. The Labute approximate surface area is 147 Å². The van der Waals surface area contributed by atoms with Crippen LogP contribution in [0.25, 0.3) is 0 Å². The van der Waals surface area contributed by atoms with Gasteiger partial charge >= 0.3 is 11.9 Å². The van der Waals surface area contributed by atoms with Crippen LogP contribution < -0.4 is 4.74 Å². The van der Waals surface area contributed by atoms with Crippen LogP contribution in [0.2, 0.25) is 0 Å².